The number of benzene rings is 1. The summed E-state index contributed by atoms with van der Waals surface area (Å²) in [6.07, 6.45) is 2.11. The van der Waals surface area contributed by atoms with Crippen molar-refractivity contribution in [3.8, 4) is 0 Å². The van der Waals surface area contributed by atoms with Gasteiger partial charge in [0.1, 0.15) is 11.4 Å². The van der Waals surface area contributed by atoms with Crippen molar-refractivity contribution in [2.75, 3.05) is 32.1 Å². The molecule has 0 aromatic heterocycles. The molecule has 0 unspecified atom stereocenters. The fourth-order valence-corrected chi connectivity index (χ4v) is 6.36. The van der Waals surface area contributed by atoms with E-state index < -0.39 is 28.2 Å². The number of amides is 1. The van der Waals surface area contributed by atoms with Gasteiger partial charge in [0, 0.05) is 51.1 Å². The van der Waals surface area contributed by atoms with Crippen LogP contribution in [0.15, 0.2) is 22.5 Å². The SMILES string of the molecule is Cc1cc(N(C)C)cc(C)c1/C=C/S(=O)(=O)N1CCC2(CC1)N=C(CCCCCCCCC(F)(F)F)NC2=O. The molecule has 1 fully saturated rings. The second kappa shape index (κ2) is 12.8. The number of anilines is 1. The molecule has 2 aliphatic heterocycles. The molecule has 0 atom stereocenters. The Labute approximate surface area is 230 Å². The zero-order valence-electron chi connectivity index (χ0n) is 23.4. The molecule has 3 rings (SSSR count). The first-order valence-electron chi connectivity index (χ1n) is 13.7. The Kier molecular flexibility index (Phi) is 10.3. The van der Waals surface area contributed by atoms with E-state index in [-0.39, 0.29) is 25.4 Å². The van der Waals surface area contributed by atoms with Crippen LogP contribution < -0.4 is 10.2 Å². The Hall–Kier alpha value is -2.40. The Morgan fingerprint density at radius 3 is 2.15 bits per heavy atom. The summed E-state index contributed by atoms with van der Waals surface area (Å²) < 4.78 is 64.1. The van der Waals surface area contributed by atoms with Crippen LogP contribution in [0.2, 0.25) is 0 Å². The zero-order valence-corrected chi connectivity index (χ0v) is 24.2. The van der Waals surface area contributed by atoms with Crippen molar-refractivity contribution in [3.63, 3.8) is 0 Å². The maximum absolute atomic E-state index is 13.1. The molecule has 1 aromatic rings. The molecule has 2 aliphatic rings. The number of piperidine rings is 1. The second-order valence-corrected chi connectivity index (χ2v) is 12.7. The molecule has 39 heavy (non-hydrogen) atoms. The van der Waals surface area contributed by atoms with E-state index >= 15 is 0 Å². The minimum Gasteiger partial charge on any atom is -0.378 e. The molecule has 0 aliphatic carbocycles. The standard InChI is InChI=1S/C28H41F3N4O3S/c1-21-19-23(34(3)4)20-22(2)24(21)12-18-39(37,38)35-16-14-27(15-17-35)26(36)32-25(33-27)11-9-7-5-6-8-10-13-28(29,30)31/h12,18-20H,5-11,13-17H2,1-4H3,(H,32,33,36)/b18-12+. The van der Waals surface area contributed by atoms with Crippen molar-refractivity contribution in [3.05, 3.63) is 34.2 Å². The number of carbonyl (C=O) groups is 1. The first-order chi connectivity index (χ1) is 18.2. The highest BCUT2D eigenvalue weighted by molar-refractivity contribution is 7.92. The highest BCUT2D eigenvalue weighted by Crippen LogP contribution is 2.32. The summed E-state index contributed by atoms with van der Waals surface area (Å²) in [4.78, 5) is 19.4. The predicted molar refractivity (Wildman–Crippen MR) is 150 cm³/mol. The molecule has 1 saturated heterocycles. The minimum atomic E-state index is -4.08. The molecule has 1 spiro atoms. The molecular weight excluding hydrogens is 529 g/mol. The van der Waals surface area contributed by atoms with E-state index in [2.05, 4.69) is 10.3 Å². The van der Waals surface area contributed by atoms with Crippen molar-refractivity contribution in [1.29, 1.82) is 0 Å². The number of unbranched alkanes of at least 4 members (excludes halogenated alkanes) is 5. The molecule has 1 N–H and O–H groups in total. The smallest absolute Gasteiger partial charge is 0.378 e. The van der Waals surface area contributed by atoms with Gasteiger partial charge in [-0.1, -0.05) is 25.7 Å². The monoisotopic (exact) mass is 570 g/mol. The number of sulfonamides is 1. The summed E-state index contributed by atoms with van der Waals surface area (Å²) in [6, 6.07) is 4.05. The van der Waals surface area contributed by atoms with Gasteiger partial charge in [-0.3, -0.25) is 9.79 Å². The van der Waals surface area contributed by atoms with Gasteiger partial charge in [0.15, 0.2) is 0 Å². The Morgan fingerprint density at radius 1 is 1.03 bits per heavy atom. The van der Waals surface area contributed by atoms with E-state index in [4.69, 9.17) is 0 Å². The van der Waals surface area contributed by atoms with Crippen LogP contribution in [0.5, 0.6) is 0 Å². The zero-order chi connectivity index (χ0) is 28.8. The molecule has 2 heterocycles. The highest BCUT2D eigenvalue weighted by atomic mass is 32.2. The lowest BCUT2D eigenvalue weighted by atomic mass is 9.89. The lowest BCUT2D eigenvalue weighted by molar-refractivity contribution is -0.135. The number of nitrogens with one attached hydrogen (secondary N) is 1. The van der Waals surface area contributed by atoms with Gasteiger partial charge in [-0.2, -0.15) is 17.5 Å². The number of aryl methyl sites for hydroxylation is 2. The van der Waals surface area contributed by atoms with Gasteiger partial charge in [0.2, 0.25) is 10.0 Å². The first-order valence-corrected chi connectivity index (χ1v) is 15.2. The number of carbonyl (C=O) groups excluding carboxylic acids is 1. The molecule has 1 aromatic carbocycles. The van der Waals surface area contributed by atoms with Gasteiger partial charge in [-0.05, 0) is 74.4 Å². The van der Waals surface area contributed by atoms with Crippen LogP contribution in [0.1, 0.15) is 80.9 Å². The van der Waals surface area contributed by atoms with Gasteiger partial charge in [-0.15, -0.1) is 0 Å². The van der Waals surface area contributed by atoms with Crippen LogP contribution in [0.25, 0.3) is 6.08 Å². The fraction of sp³-hybridized carbons (Fsp3) is 0.643. The van der Waals surface area contributed by atoms with Crippen LogP contribution in [-0.2, 0) is 14.8 Å². The average molecular weight is 571 g/mol. The maximum Gasteiger partial charge on any atom is 0.389 e. The summed E-state index contributed by atoms with van der Waals surface area (Å²) in [5.41, 5.74) is 3.00. The number of hydrogen-bond donors (Lipinski definition) is 1. The molecule has 11 heteroatoms. The summed E-state index contributed by atoms with van der Waals surface area (Å²) in [7, 11) is 0.272. The van der Waals surface area contributed by atoms with Gasteiger partial charge < -0.3 is 10.2 Å². The number of aliphatic imine (C=N–C) groups is 1. The summed E-state index contributed by atoms with van der Waals surface area (Å²) in [6.45, 7) is 4.35. The number of halogens is 3. The molecule has 1 amide bonds. The molecular formula is C28H41F3N4O3S. The third-order valence-electron chi connectivity index (χ3n) is 7.56. The van der Waals surface area contributed by atoms with E-state index in [1.165, 1.54) is 9.71 Å². The van der Waals surface area contributed by atoms with Gasteiger partial charge >= 0.3 is 6.18 Å². The van der Waals surface area contributed by atoms with Crippen molar-refractivity contribution < 1.29 is 26.4 Å². The van der Waals surface area contributed by atoms with Gasteiger partial charge in [0.05, 0.1) is 0 Å². The Bertz CT molecular complexity index is 1160. The summed E-state index contributed by atoms with van der Waals surface area (Å²) >= 11 is 0. The molecule has 0 radical (unpaired) electrons. The van der Waals surface area contributed by atoms with Crippen LogP contribution in [0, 0.1) is 13.8 Å². The number of alkyl halides is 3. The second-order valence-electron chi connectivity index (χ2n) is 10.9. The first kappa shape index (κ1) is 31.1. The predicted octanol–water partition coefficient (Wildman–Crippen LogP) is 5.72. The van der Waals surface area contributed by atoms with Crippen LogP contribution in [0.4, 0.5) is 18.9 Å². The van der Waals surface area contributed by atoms with Crippen molar-refractivity contribution in [2.45, 2.75) is 89.8 Å². The number of rotatable bonds is 12. The topological polar surface area (TPSA) is 82.1 Å². The number of amidine groups is 1. The van der Waals surface area contributed by atoms with E-state index in [0.29, 0.717) is 31.5 Å². The number of nitrogens with zero attached hydrogens (tertiary/aromatic N) is 3. The fourth-order valence-electron chi connectivity index (χ4n) is 5.19. The van der Waals surface area contributed by atoms with Crippen LogP contribution in [-0.4, -0.2) is 63.4 Å². The van der Waals surface area contributed by atoms with E-state index in [1.54, 1.807) is 6.08 Å². The Morgan fingerprint density at radius 2 is 1.59 bits per heavy atom. The number of hydrogen-bond acceptors (Lipinski definition) is 5. The van der Waals surface area contributed by atoms with Crippen LogP contribution in [0.3, 0.4) is 0 Å². The molecule has 7 nitrogen and oxygen atoms in total. The molecule has 218 valence electrons. The third-order valence-corrected chi connectivity index (χ3v) is 9.13. The summed E-state index contributed by atoms with van der Waals surface area (Å²) in [5.74, 6) is 0.449. The molecule has 0 bridgehead atoms. The lowest BCUT2D eigenvalue weighted by Crippen LogP contribution is -2.50. The largest absolute Gasteiger partial charge is 0.389 e. The van der Waals surface area contributed by atoms with Crippen molar-refractivity contribution in [2.24, 2.45) is 4.99 Å². The van der Waals surface area contributed by atoms with E-state index in [1.807, 2.05) is 45.0 Å². The molecule has 0 saturated carbocycles. The maximum atomic E-state index is 13.1. The van der Waals surface area contributed by atoms with Gasteiger partial charge in [-0.25, -0.2) is 8.42 Å². The highest BCUT2D eigenvalue weighted by Gasteiger charge is 2.46. The van der Waals surface area contributed by atoms with Crippen molar-refractivity contribution >= 4 is 33.5 Å². The van der Waals surface area contributed by atoms with E-state index in [9.17, 15) is 26.4 Å². The Balaban J connectivity index is 1.49. The average Bonchev–Trinajstić information content (AvgIpc) is 3.13. The quantitative estimate of drug-likeness (QED) is 0.326. The van der Waals surface area contributed by atoms with Gasteiger partial charge in [0.25, 0.3) is 5.91 Å². The normalized spacial score (nSPS) is 18.1. The van der Waals surface area contributed by atoms with Crippen LogP contribution >= 0.6 is 0 Å². The lowest BCUT2D eigenvalue weighted by Gasteiger charge is -2.34. The third kappa shape index (κ3) is 8.54. The summed E-state index contributed by atoms with van der Waals surface area (Å²) in [5, 5.41) is 4.12. The minimum absolute atomic E-state index is 0.167. The van der Waals surface area contributed by atoms with E-state index in [0.717, 1.165) is 48.1 Å². The van der Waals surface area contributed by atoms with Crippen molar-refractivity contribution in [1.82, 2.24) is 9.62 Å².